The third kappa shape index (κ3) is 2.66. The number of aromatic nitrogens is 1. The van der Waals surface area contributed by atoms with Crippen LogP contribution in [0, 0.1) is 0 Å². The van der Waals surface area contributed by atoms with Crippen LogP contribution in [0.15, 0.2) is 28.6 Å². The summed E-state index contributed by atoms with van der Waals surface area (Å²) in [4.78, 5) is 1.69. The average molecular weight is 325 g/mol. The molecule has 1 aliphatic rings. The Morgan fingerprint density at radius 2 is 2.24 bits per heavy atom. The van der Waals surface area contributed by atoms with Crippen molar-refractivity contribution >= 4 is 21.4 Å². The van der Waals surface area contributed by atoms with E-state index in [9.17, 15) is 8.42 Å². The monoisotopic (exact) mass is 325 g/mol. The summed E-state index contributed by atoms with van der Waals surface area (Å²) in [5.74, 6) is 0. The Morgan fingerprint density at radius 3 is 3.00 bits per heavy atom. The molecule has 7 heteroatoms. The van der Waals surface area contributed by atoms with Gasteiger partial charge in [-0.2, -0.15) is 4.31 Å². The van der Waals surface area contributed by atoms with Crippen molar-refractivity contribution in [3.63, 3.8) is 0 Å². The molecule has 2 aromatic rings. The van der Waals surface area contributed by atoms with E-state index in [1.807, 2.05) is 30.1 Å². The minimum atomic E-state index is -3.41. The maximum atomic E-state index is 12.8. The van der Waals surface area contributed by atoms with E-state index in [4.69, 9.17) is 0 Å². The van der Waals surface area contributed by atoms with Crippen molar-refractivity contribution in [3.8, 4) is 0 Å². The third-order valence-electron chi connectivity index (χ3n) is 3.85. The van der Waals surface area contributed by atoms with Gasteiger partial charge in [0.25, 0.3) is 0 Å². The van der Waals surface area contributed by atoms with Crippen LogP contribution in [-0.4, -0.2) is 30.9 Å². The third-order valence-corrected chi connectivity index (χ3v) is 6.68. The first-order valence-corrected chi connectivity index (χ1v) is 9.19. The van der Waals surface area contributed by atoms with Gasteiger partial charge in [0.05, 0.1) is 0 Å². The first-order chi connectivity index (χ1) is 10.0. The van der Waals surface area contributed by atoms with E-state index in [2.05, 4.69) is 5.32 Å². The molecule has 0 radical (unpaired) electrons. The van der Waals surface area contributed by atoms with Gasteiger partial charge in [-0.3, -0.25) is 0 Å². The quantitative estimate of drug-likeness (QED) is 0.928. The van der Waals surface area contributed by atoms with Gasteiger partial charge in [0.1, 0.15) is 4.90 Å². The molecule has 21 heavy (non-hydrogen) atoms. The molecule has 0 aliphatic carbocycles. The lowest BCUT2D eigenvalue weighted by molar-refractivity contribution is 0.394. The standard InChI is InChI=1S/C14H19N3O2S2/c1-15-8-12-7-13(10-16(12)2)21(18,19)17-5-3-14-11(9-17)4-6-20-14/h4,6-7,10,15H,3,5,8-9H2,1-2H3. The van der Waals surface area contributed by atoms with Crippen LogP contribution in [0.25, 0.3) is 0 Å². The number of fused-ring (bicyclic) bond motifs is 1. The minimum Gasteiger partial charge on any atom is -0.352 e. The summed E-state index contributed by atoms with van der Waals surface area (Å²) in [6.07, 6.45) is 2.51. The lowest BCUT2D eigenvalue weighted by Crippen LogP contribution is -2.35. The van der Waals surface area contributed by atoms with E-state index in [-0.39, 0.29) is 0 Å². The van der Waals surface area contributed by atoms with Crippen molar-refractivity contribution in [3.05, 3.63) is 39.8 Å². The lowest BCUT2D eigenvalue weighted by atomic mass is 10.1. The second-order valence-corrected chi connectivity index (χ2v) is 8.20. The predicted molar refractivity (Wildman–Crippen MR) is 83.8 cm³/mol. The molecule has 0 atom stereocenters. The summed E-state index contributed by atoms with van der Waals surface area (Å²) < 4.78 is 29.0. The van der Waals surface area contributed by atoms with Crippen LogP contribution >= 0.6 is 11.3 Å². The van der Waals surface area contributed by atoms with E-state index in [0.717, 1.165) is 17.7 Å². The molecule has 3 heterocycles. The van der Waals surface area contributed by atoms with Gasteiger partial charge < -0.3 is 9.88 Å². The molecule has 1 aliphatic heterocycles. The van der Waals surface area contributed by atoms with Gasteiger partial charge in [-0.05, 0) is 36.5 Å². The van der Waals surface area contributed by atoms with E-state index in [1.165, 1.54) is 4.88 Å². The van der Waals surface area contributed by atoms with Crippen molar-refractivity contribution in [2.24, 2.45) is 7.05 Å². The summed E-state index contributed by atoms with van der Waals surface area (Å²) in [7, 11) is 0.312. The molecule has 0 aromatic carbocycles. The number of thiophene rings is 1. The average Bonchev–Trinajstić information content (AvgIpc) is 3.06. The topological polar surface area (TPSA) is 54.3 Å². The largest absolute Gasteiger partial charge is 0.352 e. The van der Waals surface area contributed by atoms with Crippen LogP contribution in [0.4, 0.5) is 0 Å². The number of nitrogens with zero attached hydrogens (tertiary/aromatic N) is 2. The van der Waals surface area contributed by atoms with Gasteiger partial charge in [-0.15, -0.1) is 11.3 Å². The molecule has 1 N–H and O–H groups in total. The molecule has 0 amide bonds. The Morgan fingerprint density at radius 1 is 1.43 bits per heavy atom. The van der Waals surface area contributed by atoms with Crippen molar-refractivity contribution in [2.45, 2.75) is 24.4 Å². The number of nitrogens with one attached hydrogen (secondary N) is 1. The Kier molecular flexibility index (Phi) is 3.92. The Labute approximate surface area is 129 Å². The van der Waals surface area contributed by atoms with E-state index in [1.54, 1.807) is 27.9 Å². The first-order valence-electron chi connectivity index (χ1n) is 6.87. The first kappa shape index (κ1) is 14.8. The second-order valence-electron chi connectivity index (χ2n) is 5.27. The van der Waals surface area contributed by atoms with Crippen LogP contribution in [0.2, 0.25) is 0 Å². The Bertz CT molecular complexity index is 746. The van der Waals surface area contributed by atoms with Gasteiger partial charge >= 0.3 is 0 Å². The van der Waals surface area contributed by atoms with Crippen LogP contribution in [0.3, 0.4) is 0 Å². The zero-order valence-corrected chi connectivity index (χ0v) is 13.8. The molecule has 0 saturated carbocycles. The molecule has 0 unspecified atom stereocenters. The molecule has 0 saturated heterocycles. The molecule has 0 bridgehead atoms. The highest BCUT2D eigenvalue weighted by molar-refractivity contribution is 7.89. The van der Waals surface area contributed by atoms with Gasteiger partial charge in [-0.25, -0.2) is 8.42 Å². The molecule has 114 valence electrons. The van der Waals surface area contributed by atoms with E-state index >= 15 is 0 Å². The highest BCUT2D eigenvalue weighted by Crippen LogP contribution is 2.28. The maximum Gasteiger partial charge on any atom is 0.244 e. The summed E-state index contributed by atoms with van der Waals surface area (Å²) in [5, 5.41) is 5.09. The van der Waals surface area contributed by atoms with Crippen molar-refractivity contribution in [2.75, 3.05) is 13.6 Å². The number of hydrogen-bond acceptors (Lipinski definition) is 4. The van der Waals surface area contributed by atoms with Gasteiger partial charge in [0.2, 0.25) is 10.0 Å². The van der Waals surface area contributed by atoms with E-state index in [0.29, 0.717) is 24.5 Å². The molecule has 3 rings (SSSR count). The Hall–Kier alpha value is -1.15. The zero-order valence-electron chi connectivity index (χ0n) is 12.2. The summed E-state index contributed by atoms with van der Waals surface area (Å²) in [6.45, 7) is 1.70. The predicted octanol–water partition coefficient (Wildman–Crippen LogP) is 1.55. The normalized spacial score (nSPS) is 16.1. The molecule has 0 spiro atoms. The molecular weight excluding hydrogens is 306 g/mol. The van der Waals surface area contributed by atoms with Crippen LogP contribution in [0.1, 0.15) is 16.1 Å². The summed E-state index contributed by atoms with van der Waals surface area (Å²) in [6, 6.07) is 3.79. The van der Waals surface area contributed by atoms with Crippen LogP contribution in [0.5, 0.6) is 0 Å². The zero-order chi connectivity index (χ0) is 15.0. The number of sulfonamides is 1. The fourth-order valence-electron chi connectivity index (χ4n) is 2.65. The fraction of sp³-hybridized carbons (Fsp3) is 0.429. The number of hydrogen-bond donors (Lipinski definition) is 1. The van der Waals surface area contributed by atoms with Crippen molar-refractivity contribution in [1.29, 1.82) is 0 Å². The van der Waals surface area contributed by atoms with E-state index < -0.39 is 10.0 Å². The van der Waals surface area contributed by atoms with Gasteiger partial charge in [-0.1, -0.05) is 0 Å². The molecule has 2 aromatic heterocycles. The van der Waals surface area contributed by atoms with Gasteiger partial charge in [0.15, 0.2) is 0 Å². The minimum absolute atomic E-state index is 0.383. The van der Waals surface area contributed by atoms with Crippen molar-refractivity contribution < 1.29 is 8.42 Å². The molecular formula is C14H19N3O2S2. The SMILES string of the molecule is CNCc1cc(S(=O)(=O)N2CCc3sccc3C2)cn1C. The highest BCUT2D eigenvalue weighted by atomic mass is 32.2. The number of rotatable bonds is 4. The maximum absolute atomic E-state index is 12.8. The van der Waals surface area contributed by atoms with Crippen LogP contribution < -0.4 is 5.32 Å². The van der Waals surface area contributed by atoms with Gasteiger partial charge in [0, 0.05) is 43.4 Å². The van der Waals surface area contributed by atoms with Crippen LogP contribution in [-0.2, 0) is 36.6 Å². The lowest BCUT2D eigenvalue weighted by Gasteiger charge is -2.25. The highest BCUT2D eigenvalue weighted by Gasteiger charge is 2.29. The summed E-state index contributed by atoms with van der Waals surface area (Å²) in [5.41, 5.74) is 2.10. The molecule has 5 nitrogen and oxygen atoms in total. The smallest absolute Gasteiger partial charge is 0.244 e. The second kappa shape index (κ2) is 5.57. The molecule has 0 fully saturated rings. The number of aryl methyl sites for hydroxylation is 1. The fourth-order valence-corrected chi connectivity index (χ4v) is 5.06. The Balaban J connectivity index is 1.89. The van der Waals surface area contributed by atoms with Crippen molar-refractivity contribution in [1.82, 2.24) is 14.2 Å². The summed E-state index contributed by atoms with van der Waals surface area (Å²) >= 11 is 1.71.